The highest BCUT2D eigenvalue weighted by atomic mass is 16.5. The summed E-state index contributed by atoms with van der Waals surface area (Å²) < 4.78 is 5.23. The van der Waals surface area contributed by atoms with Gasteiger partial charge in [-0.3, -0.25) is 4.79 Å². The summed E-state index contributed by atoms with van der Waals surface area (Å²) in [5, 5.41) is 2.99. The van der Waals surface area contributed by atoms with Crippen molar-refractivity contribution < 1.29 is 9.53 Å². The second-order valence-electron chi connectivity index (χ2n) is 7.47. The van der Waals surface area contributed by atoms with Crippen molar-refractivity contribution >= 4 is 11.6 Å². The van der Waals surface area contributed by atoms with E-state index in [1.807, 2.05) is 98.8 Å². The lowest BCUT2D eigenvalue weighted by molar-refractivity contribution is 0.102. The maximum absolute atomic E-state index is 12.7. The van der Waals surface area contributed by atoms with E-state index in [0.717, 1.165) is 39.5 Å². The van der Waals surface area contributed by atoms with Gasteiger partial charge in [0.05, 0.1) is 18.5 Å². The number of amides is 1. The van der Waals surface area contributed by atoms with Gasteiger partial charge in [0.15, 0.2) is 0 Å². The minimum Gasteiger partial charge on any atom is -0.497 e. The molecule has 1 heterocycles. The van der Waals surface area contributed by atoms with Crippen molar-refractivity contribution in [1.29, 1.82) is 0 Å². The average molecular weight is 409 g/mol. The van der Waals surface area contributed by atoms with Gasteiger partial charge in [0.2, 0.25) is 0 Å². The second kappa shape index (κ2) is 8.84. The van der Waals surface area contributed by atoms with E-state index in [2.05, 4.69) is 5.32 Å². The Kier molecular flexibility index (Phi) is 5.80. The fourth-order valence-electron chi connectivity index (χ4n) is 3.36. The first-order chi connectivity index (χ1) is 15.0. The molecule has 0 unspecified atom stereocenters. The molecule has 0 fully saturated rings. The Bertz CT molecular complexity index is 1230. The zero-order valence-corrected chi connectivity index (χ0v) is 17.8. The SMILES string of the molecule is COc1ccc(-c2cccc(-c3cccc(NC(=O)c4ccc(C)c(C)c4)c3)n2)cc1. The molecule has 0 aliphatic heterocycles. The van der Waals surface area contributed by atoms with Crippen LogP contribution in [-0.4, -0.2) is 18.0 Å². The van der Waals surface area contributed by atoms with Crippen LogP contribution in [0.5, 0.6) is 5.75 Å². The van der Waals surface area contributed by atoms with Crippen molar-refractivity contribution in [1.82, 2.24) is 4.98 Å². The Balaban J connectivity index is 1.57. The van der Waals surface area contributed by atoms with E-state index in [0.29, 0.717) is 5.56 Å². The summed E-state index contributed by atoms with van der Waals surface area (Å²) in [4.78, 5) is 17.5. The molecule has 0 atom stereocenters. The minimum absolute atomic E-state index is 0.125. The number of nitrogens with zero attached hydrogens (tertiary/aromatic N) is 1. The molecule has 3 aromatic carbocycles. The third-order valence-electron chi connectivity index (χ3n) is 5.32. The predicted molar refractivity (Wildman–Crippen MR) is 126 cm³/mol. The number of aromatic nitrogens is 1. The molecule has 154 valence electrons. The lowest BCUT2D eigenvalue weighted by Gasteiger charge is -2.10. The van der Waals surface area contributed by atoms with Crippen LogP contribution in [0.2, 0.25) is 0 Å². The standard InChI is InChI=1S/C27H24N2O2/c1-18-10-11-22(16-19(18)2)27(30)28-23-7-4-6-21(17-23)26-9-5-8-25(29-26)20-12-14-24(31-3)15-13-20/h4-17H,1-3H3,(H,28,30). The molecule has 1 aromatic heterocycles. The smallest absolute Gasteiger partial charge is 0.255 e. The number of nitrogens with one attached hydrogen (secondary N) is 1. The molecule has 0 radical (unpaired) electrons. The highest BCUT2D eigenvalue weighted by Gasteiger charge is 2.09. The first-order valence-electron chi connectivity index (χ1n) is 10.1. The van der Waals surface area contributed by atoms with E-state index >= 15 is 0 Å². The number of anilines is 1. The van der Waals surface area contributed by atoms with Gasteiger partial charge in [-0.2, -0.15) is 0 Å². The number of hydrogen-bond donors (Lipinski definition) is 1. The maximum atomic E-state index is 12.7. The predicted octanol–water partition coefficient (Wildman–Crippen LogP) is 6.29. The molecule has 0 aliphatic rings. The zero-order chi connectivity index (χ0) is 21.8. The van der Waals surface area contributed by atoms with Crippen molar-refractivity contribution in [3.8, 4) is 28.3 Å². The molecule has 4 rings (SSSR count). The Morgan fingerprint density at radius 2 is 1.48 bits per heavy atom. The molecule has 0 aliphatic carbocycles. The Hall–Kier alpha value is -3.92. The van der Waals surface area contributed by atoms with Crippen LogP contribution in [0.15, 0.2) is 84.9 Å². The van der Waals surface area contributed by atoms with E-state index in [4.69, 9.17) is 9.72 Å². The molecule has 31 heavy (non-hydrogen) atoms. The van der Waals surface area contributed by atoms with Gasteiger partial charge in [0.1, 0.15) is 5.75 Å². The number of rotatable bonds is 5. The zero-order valence-electron chi connectivity index (χ0n) is 17.8. The van der Waals surface area contributed by atoms with Crippen LogP contribution in [0.4, 0.5) is 5.69 Å². The lowest BCUT2D eigenvalue weighted by Crippen LogP contribution is -2.12. The summed E-state index contributed by atoms with van der Waals surface area (Å²) in [6.45, 7) is 4.04. The highest BCUT2D eigenvalue weighted by molar-refractivity contribution is 6.04. The van der Waals surface area contributed by atoms with Crippen LogP contribution in [0.3, 0.4) is 0 Å². The molecule has 1 amide bonds. The molecule has 4 heteroatoms. The number of hydrogen-bond acceptors (Lipinski definition) is 3. The number of ether oxygens (including phenoxy) is 1. The van der Waals surface area contributed by atoms with Gasteiger partial charge < -0.3 is 10.1 Å². The largest absolute Gasteiger partial charge is 0.497 e. The van der Waals surface area contributed by atoms with Crippen LogP contribution in [0.1, 0.15) is 21.5 Å². The van der Waals surface area contributed by atoms with E-state index in [1.54, 1.807) is 7.11 Å². The quantitative estimate of drug-likeness (QED) is 0.422. The maximum Gasteiger partial charge on any atom is 0.255 e. The van der Waals surface area contributed by atoms with Crippen molar-refractivity contribution in [2.75, 3.05) is 12.4 Å². The van der Waals surface area contributed by atoms with Crippen LogP contribution in [0, 0.1) is 13.8 Å². The Morgan fingerprint density at radius 1 is 0.774 bits per heavy atom. The molecule has 1 N–H and O–H groups in total. The third kappa shape index (κ3) is 4.64. The summed E-state index contributed by atoms with van der Waals surface area (Å²) in [6.07, 6.45) is 0. The lowest BCUT2D eigenvalue weighted by atomic mass is 10.1. The van der Waals surface area contributed by atoms with Crippen LogP contribution in [0.25, 0.3) is 22.5 Å². The topological polar surface area (TPSA) is 51.2 Å². The highest BCUT2D eigenvalue weighted by Crippen LogP contribution is 2.26. The first-order valence-corrected chi connectivity index (χ1v) is 10.1. The van der Waals surface area contributed by atoms with Gasteiger partial charge in [0.25, 0.3) is 5.91 Å². The van der Waals surface area contributed by atoms with Crippen molar-refractivity contribution in [3.05, 3.63) is 102 Å². The van der Waals surface area contributed by atoms with Gasteiger partial charge >= 0.3 is 0 Å². The summed E-state index contributed by atoms with van der Waals surface area (Å²) in [6, 6.07) is 27.2. The van der Waals surface area contributed by atoms with E-state index in [1.165, 1.54) is 5.56 Å². The van der Waals surface area contributed by atoms with Crippen LogP contribution in [-0.2, 0) is 0 Å². The Labute approximate surface area is 182 Å². The number of aryl methyl sites for hydroxylation is 2. The molecule has 0 spiro atoms. The van der Waals surface area contributed by atoms with Crippen molar-refractivity contribution in [2.45, 2.75) is 13.8 Å². The molecule has 0 bridgehead atoms. The Morgan fingerprint density at radius 3 is 2.19 bits per heavy atom. The van der Waals surface area contributed by atoms with Crippen molar-refractivity contribution in [2.24, 2.45) is 0 Å². The number of carbonyl (C=O) groups excluding carboxylic acids is 1. The van der Waals surface area contributed by atoms with E-state index in [9.17, 15) is 4.79 Å². The van der Waals surface area contributed by atoms with Gasteiger partial charge in [-0.15, -0.1) is 0 Å². The van der Waals surface area contributed by atoms with Gasteiger partial charge in [-0.05, 0) is 85.6 Å². The van der Waals surface area contributed by atoms with Gasteiger partial charge in [-0.25, -0.2) is 4.98 Å². The number of carbonyl (C=O) groups is 1. The molecule has 4 nitrogen and oxygen atoms in total. The second-order valence-corrected chi connectivity index (χ2v) is 7.47. The summed E-state index contributed by atoms with van der Waals surface area (Å²) in [7, 11) is 1.65. The first kappa shape index (κ1) is 20.4. The third-order valence-corrected chi connectivity index (χ3v) is 5.32. The summed E-state index contributed by atoms with van der Waals surface area (Å²) >= 11 is 0. The average Bonchev–Trinajstić information content (AvgIpc) is 2.81. The molecular weight excluding hydrogens is 384 g/mol. The monoisotopic (exact) mass is 408 g/mol. The molecular formula is C27H24N2O2. The van der Waals surface area contributed by atoms with Crippen LogP contribution < -0.4 is 10.1 Å². The number of pyridine rings is 1. The van der Waals surface area contributed by atoms with Crippen LogP contribution >= 0.6 is 0 Å². The summed E-state index contributed by atoms with van der Waals surface area (Å²) in [5.74, 6) is 0.687. The minimum atomic E-state index is -0.125. The number of methoxy groups -OCH3 is 1. The normalized spacial score (nSPS) is 10.5. The fraction of sp³-hybridized carbons (Fsp3) is 0.111. The summed E-state index contributed by atoms with van der Waals surface area (Å²) in [5.41, 5.74) is 7.32. The fourth-order valence-corrected chi connectivity index (χ4v) is 3.36. The van der Waals surface area contributed by atoms with Gasteiger partial charge in [0, 0.05) is 22.4 Å². The number of benzene rings is 3. The molecule has 0 saturated heterocycles. The molecule has 0 saturated carbocycles. The van der Waals surface area contributed by atoms with Crippen molar-refractivity contribution in [3.63, 3.8) is 0 Å². The van der Waals surface area contributed by atoms with E-state index < -0.39 is 0 Å². The van der Waals surface area contributed by atoms with Gasteiger partial charge in [-0.1, -0.05) is 24.3 Å². The molecule has 4 aromatic rings. The van der Waals surface area contributed by atoms with E-state index in [-0.39, 0.29) is 5.91 Å².